The molecule has 0 aliphatic rings. The molecule has 82 valence electrons. The van der Waals surface area contributed by atoms with Gasteiger partial charge >= 0.3 is 0 Å². The number of benzene rings is 1. The second kappa shape index (κ2) is 5.00. The minimum Gasteiger partial charge on any atom is -0.317 e. The number of ketones is 1. The van der Waals surface area contributed by atoms with Crippen LogP contribution >= 0.6 is 0 Å². The standard InChI is InChI=1S/C15H11NO/c1-2-16-12-6-9-14(16)10-11-15(17)13-7-4-3-5-8-13/h2-9,12H,1H2. The number of Topliss-reactive ketones (excluding diaryl/α,β-unsaturated/α-hetero) is 1. The molecule has 0 unspecified atom stereocenters. The summed E-state index contributed by atoms with van der Waals surface area (Å²) in [6.07, 6.45) is 3.49. The molecule has 1 aromatic heterocycles. The van der Waals surface area contributed by atoms with Gasteiger partial charge in [-0.25, -0.2) is 0 Å². The van der Waals surface area contributed by atoms with Crippen molar-refractivity contribution in [2.45, 2.75) is 0 Å². The van der Waals surface area contributed by atoms with Gasteiger partial charge in [-0.15, -0.1) is 0 Å². The highest BCUT2D eigenvalue weighted by atomic mass is 16.1. The van der Waals surface area contributed by atoms with Gasteiger partial charge in [0.1, 0.15) is 0 Å². The Hall–Kier alpha value is -2.53. The highest BCUT2D eigenvalue weighted by molar-refractivity contribution is 6.09. The predicted molar refractivity (Wildman–Crippen MR) is 68.5 cm³/mol. The maximum Gasteiger partial charge on any atom is 0.236 e. The fraction of sp³-hybridized carbons (Fsp3) is 0. The summed E-state index contributed by atoms with van der Waals surface area (Å²) in [4.78, 5) is 11.7. The fourth-order valence-corrected chi connectivity index (χ4v) is 1.44. The third-order valence-electron chi connectivity index (χ3n) is 2.32. The largest absolute Gasteiger partial charge is 0.317 e. The van der Waals surface area contributed by atoms with Crippen molar-refractivity contribution in [3.8, 4) is 11.8 Å². The van der Waals surface area contributed by atoms with Crippen molar-refractivity contribution >= 4 is 12.0 Å². The molecule has 0 bridgehead atoms. The van der Waals surface area contributed by atoms with Gasteiger partial charge in [-0.3, -0.25) is 4.79 Å². The first-order valence-corrected chi connectivity index (χ1v) is 5.22. The second-order valence-electron chi connectivity index (χ2n) is 3.43. The summed E-state index contributed by atoms with van der Waals surface area (Å²) < 4.78 is 1.77. The third kappa shape index (κ3) is 2.53. The number of hydrogen-bond donors (Lipinski definition) is 0. The van der Waals surface area contributed by atoms with E-state index in [-0.39, 0.29) is 5.78 Å². The molecule has 1 heterocycles. The summed E-state index contributed by atoms with van der Waals surface area (Å²) in [5, 5.41) is 0. The van der Waals surface area contributed by atoms with Crippen LogP contribution < -0.4 is 0 Å². The monoisotopic (exact) mass is 221 g/mol. The predicted octanol–water partition coefficient (Wildman–Crippen LogP) is 2.82. The summed E-state index contributed by atoms with van der Waals surface area (Å²) >= 11 is 0. The Morgan fingerprint density at radius 1 is 1.18 bits per heavy atom. The van der Waals surface area contributed by atoms with Crippen molar-refractivity contribution in [2.75, 3.05) is 0 Å². The van der Waals surface area contributed by atoms with Crippen LogP contribution in [-0.4, -0.2) is 10.4 Å². The van der Waals surface area contributed by atoms with Crippen molar-refractivity contribution in [3.63, 3.8) is 0 Å². The Morgan fingerprint density at radius 3 is 2.65 bits per heavy atom. The molecule has 2 aromatic rings. The van der Waals surface area contributed by atoms with Crippen molar-refractivity contribution in [2.24, 2.45) is 0 Å². The molecule has 0 spiro atoms. The maximum absolute atomic E-state index is 11.7. The van der Waals surface area contributed by atoms with E-state index in [1.165, 1.54) is 0 Å². The summed E-state index contributed by atoms with van der Waals surface area (Å²) in [6, 6.07) is 12.7. The van der Waals surface area contributed by atoms with Gasteiger partial charge in [0.2, 0.25) is 5.78 Å². The van der Waals surface area contributed by atoms with Crippen molar-refractivity contribution in [3.05, 3.63) is 66.5 Å². The number of nitrogens with zero attached hydrogens (tertiary/aromatic N) is 1. The Kier molecular flexibility index (Phi) is 3.23. The van der Waals surface area contributed by atoms with Crippen LogP contribution in [-0.2, 0) is 0 Å². The zero-order valence-corrected chi connectivity index (χ0v) is 9.26. The first kappa shape index (κ1) is 11.0. The van der Waals surface area contributed by atoms with E-state index in [0.717, 1.165) is 5.69 Å². The first-order valence-electron chi connectivity index (χ1n) is 5.22. The van der Waals surface area contributed by atoms with E-state index in [1.54, 1.807) is 22.9 Å². The summed E-state index contributed by atoms with van der Waals surface area (Å²) in [5.74, 6) is 5.27. The fourth-order valence-electron chi connectivity index (χ4n) is 1.44. The lowest BCUT2D eigenvalue weighted by molar-refractivity contribution is 0.105. The minimum atomic E-state index is -0.178. The van der Waals surface area contributed by atoms with Gasteiger partial charge < -0.3 is 4.57 Å². The molecule has 0 amide bonds. The molecule has 2 heteroatoms. The number of aromatic nitrogens is 1. The number of rotatable bonds is 2. The Morgan fingerprint density at radius 2 is 1.94 bits per heavy atom. The van der Waals surface area contributed by atoms with Crippen LogP contribution in [0.25, 0.3) is 6.20 Å². The smallest absolute Gasteiger partial charge is 0.236 e. The average molecular weight is 221 g/mol. The van der Waals surface area contributed by atoms with Crippen molar-refractivity contribution < 1.29 is 4.79 Å². The SMILES string of the molecule is C=Cn1cccc1C#CC(=O)c1ccccc1. The highest BCUT2D eigenvalue weighted by Gasteiger charge is 1.99. The maximum atomic E-state index is 11.7. The third-order valence-corrected chi connectivity index (χ3v) is 2.32. The Labute approximate surface area is 100 Å². The molecule has 17 heavy (non-hydrogen) atoms. The number of carbonyl (C=O) groups excluding carboxylic acids is 1. The van der Waals surface area contributed by atoms with E-state index in [2.05, 4.69) is 18.4 Å². The van der Waals surface area contributed by atoms with E-state index in [4.69, 9.17) is 0 Å². The van der Waals surface area contributed by atoms with Crippen LogP contribution in [0.2, 0.25) is 0 Å². The van der Waals surface area contributed by atoms with Gasteiger partial charge in [-0.05, 0) is 24.0 Å². The van der Waals surface area contributed by atoms with Crippen LogP contribution in [0, 0.1) is 11.8 Å². The van der Waals surface area contributed by atoms with Crippen molar-refractivity contribution in [1.29, 1.82) is 0 Å². The molecule has 1 aromatic carbocycles. The molecule has 0 aliphatic carbocycles. The van der Waals surface area contributed by atoms with Gasteiger partial charge in [0, 0.05) is 18.0 Å². The second-order valence-corrected chi connectivity index (χ2v) is 3.43. The van der Waals surface area contributed by atoms with Gasteiger partial charge in [0.05, 0.1) is 5.69 Å². The number of hydrogen-bond acceptors (Lipinski definition) is 1. The number of carbonyl (C=O) groups is 1. The van der Waals surface area contributed by atoms with Gasteiger partial charge in [-0.2, -0.15) is 0 Å². The lowest BCUT2D eigenvalue weighted by atomic mass is 10.1. The minimum absolute atomic E-state index is 0.178. The van der Waals surface area contributed by atoms with Gasteiger partial charge in [0.15, 0.2) is 0 Å². The topological polar surface area (TPSA) is 22.0 Å². The molecule has 0 N–H and O–H groups in total. The lowest BCUT2D eigenvalue weighted by Crippen LogP contribution is -1.94. The molecular weight excluding hydrogens is 210 g/mol. The van der Waals surface area contributed by atoms with E-state index in [0.29, 0.717) is 5.56 Å². The first-order chi connectivity index (χ1) is 8.31. The normalized spacial score (nSPS) is 9.18. The molecule has 0 saturated heterocycles. The van der Waals surface area contributed by atoms with E-state index in [1.807, 2.05) is 36.5 Å². The Balaban J connectivity index is 2.23. The zero-order valence-electron chi connectivity index (χ0n) is 9.26. The van der Waals surface area contributed by atoms with Crippen molar-refractivity contribution in [1.82, 2.24) is 4.57 Å². The molecule has 0 atom stereocenters. The quantitative estimate of drug-likeness (QED) is 0.564. The van der Waals surface area contributed by atoms with Crippen LogP contribution in [0.4, 0.5) is 0 Å². The van der Waals surface area contributed by atoms with E-state index >= 15 is 0 Å². The van der Waals surface area contributed by atoms with E-state index < -0.39 is 0 Å². The summed E-state index contributed by atoms with van der Waals surface area (Å²) in [7, 11) is 0. The van der Waals surface area contributed by atoms with Crippen LogP contribution in [0.1, 0.15) is 16.1 Å². The highest BCUT2D eigenvalue weighted by Crippen LogP contribution is 2.02. The molecule has 0 aliphatic heterocycles. The van der Waals surface area contributed by atoms with Crippen LogP contribution in [0.3, 0.4) is 0 Å². The Bertz CT molecular complexity index is 597. The summed E-state index contributed by atoms with van der Waals surface area (Å²) in [5.41, 5.74) is 1.36. The van der Waals surface area contributed by atoms with Gasteiger partial charge in [-0.1, -0.05) is 36.9 Å². The lowest BCUT2D eigenvalue weighted by Gasteiger charge is -1.94. The van der Waals surface area contributed by atoms with Gasteiger partial charge in [0.25, 0.3) is 0 Å². The average Bonchev–Trinajstić information content (AvgIpc) is 2.84. The molecule has 0 radical (unpaired) electrons. The summed E-state index contributed by atoms with van der Waals surface area (Å²) in [6.45, 7) is 3.66. The molecule has 2 rings (SSSR count). The van der Waals surface area contributed by atoms with Crippen LogP contribution in [0.5, 0.6) is 0 Å². The molecule has 0 saturated carbocycles. The molecule has 2 nitrogen and oxygen atoms in total. The van der Waals surface area contributed by atoms with E-state index in [9.17, 15) is 4.79 Å². The zero-order chi connectivity index (χ0) is 12.1. The van der Waals surface area contributed by atoms with Crippen LogP contribution in [0.15, 0.2) is 55.2 Å². The molecule has 0 fully saturated rings. The molecular formula is C15H11NO.